The van der Waals surface area contributed by atoms with Crippen LogP contribution in [0.3, 0.4) is 0 Å². The van der Waals surface area contributed by atoms with Gasteiger partial charge in [-0.3, -0.25) is 4.68 Å². The number of fused-ring (bicyclic) bond motifs is 1. The van der Waals surface area contributed by atoms with Crippen molar-refractivity contribution in [2.24, 2.45) is 7.05 Å². The van der Waals surface area contributed by atoms with Gasteiger partial charge < -0.3 is 9.80 Å². The van der Waals surface area contributed by atoms with Gasteiger partial charge in [0.15, 0.2) is 5.82 Å². The molecule has 1 aliphatic rings. The van der Waals surface area contributed by atoms with Gasteiger partial charge in [0.2, 0.25) is 0 Å². The first kappa shape index (κ1) is 17.7. The molecule has 4 rings (SSSR count). The van der Waals surface area contributed by atoms with Crippen LogP contribution in [0.4, 0.5) is 5.82 Å². The van der Waals surface area contributed by atoms with Crippen LogP contribution >= 0.6 is 11.6 Å². The fourth-order valence-electron chi connectivity index (χ4n) is 3.67. The number of nitrogens with zero attached hydrogens (tertiary/aromatic N) is 4. The molecule has 1 aliphatic heterocycles. The normalized spacial score (nSPS) is 14.6. The van der Waals surface area contributed by atoms with E-state index in [1.165, 1.54) is 0 Å². The van der Waals surface area contributed by atoms with Gasteiger partial charge in [0, 0.05) is 49.9 Å². The number of hydrogen-bond donors (Lipinski definition) is 0. The minimum Gasteiger partial charge on any atom is -0.368 e. The Morgan fingerprint density at radius 2 is 1.81 bits per heavy atom. The lowest BCUT2D eigenvalue weighted by atomic mass is 10.0. The molecular formula is C22H23ClN4. The predicted molar refractivity (Wildman–Crippen MR) is 114 cm³/mol. The summed E-state index contributed by atoms with van der Waals surface area (Å²) in [6.07, 6.45) is 1.82. The fraction of sp³-hybridized carbons (Fsp3) is 0.227. The number of rotatable bonds is 4. The van der Waals surface area contributed by atoms with Crippen molar-refractivity contribution in [2.75, 3.05) is 31.1 Å². The largest absolute Gasteiger partial charge is 0.368 e. The number of hydrogen-bond acceptors (Lipinski definition) is 3. The number of halogens is 1. The fourth-order valence-corrected chi connectivity index (χ4v) is 3.93. The van der Waals surface area contributed by atoms with Crippen molar-refractivity contribution in [3.05, 3.63) is 72.4 Å². The third kappa shape index (κ3) is 3.21. The summed E-state index contributed by atoms with van der Waals surface area (Å²) in [5.74, 6) is 1.02. The minimum absolute atomic E-state index is 0.746. The molecule has 1 saturated heterocycles. The predicted octanol–water partition coefficient (Wildman–Crippen LogP) is 4.72. The molecule has 2 heterocycles. The SMILES string of the molecule is C=CC(=C)N1CCN(c2nn(C)c3cc(Cl)c(-c4ccccc4)cc23)CC1. The minimum atomic E-state index is 0.746. The van der Waals surface area contributed by atoms with E-state index in [0.29, 0.717) is 0 Å². The van der Waals surface area contributed by atoms with Crippen molar-refractivity contribution in [3.8, 4) is 11.1 Å². The number of aryl methyl sites for hydroxylation is 1. The molecule has 2 aromatic carbocycles. The second kappa shape index (κ2) is 7.12. The van der Waals surface area contributed by atoms with Crippen molar-refractivity contribution in [3.63, 3.8) is 0 Å². The molecule has 5 heteroatoms. The molecule has 0 N–H and O–H groups in total. The lowest BCUT2D eigenvalue weighted by Gasteiger charge is -2.36. The van der Waals surface area contributed by atoms with Crippen LogP contribution < -0.4 is 4.90 Å². The van der Waals surface area contributed by atoms with Crippen LogP contribution in [-0.4, -0.2) is 40.9 Å². The third-order valence-corrected chi connectivity index (χ3v) is 5.54. The summed E-state index contributed by atoms with van der Waals surface area (Å²) in [7, 11) is 1.97. The molecule has 1 fully saturated rings. The second-order valence-corrected chi connectivity index (χ2v) is 7.24. The van der Waals surface area contributed by atoms with Gasteiger partial charge in [0.1, 0.15) is 0 Å². The third-order valence-electron chi connectivity index (χ3n) is 5.23. The molecule has 0 saturated carbocycles. The summed E-state index contributed by atoms with van der Waals surface area (Å²) in [5.41, 5.74) is 4.19. The highest BCUT2D eigenvalue weighted by molar-refractivity contribution is 6.34. The molecule has 0 unspecified atom stereocenters. The molecule has 0 amide bonds. The van der Waals surface area contributed by atoms with Crippen LogP contribution in [0.15, 0.2) is 67.4 Å². The number of allylic oxidation sites excluding steroid dienone is 1. The second-order valence-electron chi connectivity index (χ2n) is 6.83. The Hall–Kier alpha value is -2.72. The van der Waals surface area contributed by atoms with Gasteiger partial charge in [-0.25, -0.2) is 0 Å². The van der Waals surface area contributed by atoms with E-state index in [9.17, 15) is 0 Å². The molecule has 138 valence electrons. The van der Waals surface area contributed by atoms with Crippen molar-refractivity contribution >= 4 is 28.3 Å². The van der Waals surface area contributed by atoms with E-state index in [0.717, 1.165) is 64.7 Å². The highest BCUT2D eigenvalue weighted by atomic mass is 35.5. The lowest BCUT2D eigenvalue weighted by molar-refractivity contribution is 0.331. The molecule has 0 radical (unpaired) electrons. The van der Waals surface area contributed by atoms with E-state index in [2.05, 4.69) is 41.2 Å². The van der Waals surface area contributed by atoms with E-state index in [-0.39, 0.29) is 0 Å². The Balaban J connectivity index is 1.72. The smallest absolute Gasteiger partial charge is 0.158 e. The molecular weight excluding hydrogens is 356 g/mol. The Kier molecular flexibility index (Phi) is 4.66. The molecule has 4 nitrogen and oxygen atoms in total. The van der Waals surface area contributed by atoms with E-state index in [4.69, 9.17) is 16.7 Å². The van der Waals surface area contributed by atoms with Crippen molar-refractivity contribution in [1.29, 1.82) is 0 Å². The quantitative estimate of drug-likeness (QED) is 0.614. The molecule has 0 aliphatic carbocycles. The average Bonchev–Trinajstić information content (AvgIpc) is 3.03. The number of benzene rings is 2. The maximum Gasteiger partial charge on any atom is 0.158 e. The molecule has 0 bridgehead atoms. The van der Waals surface area contributed by atoms with Crippen LogP contribution in [0, 0.1) is 0 Å². The van der Waals surface area contributed by atoms with Gasteiger partial charge in [-0.05, 0) is 23.8 Å². The first-order chi connectivity index (χ1) is 13.1. The zero-order chi connectivity index (χ0) is 19.0. The Bertz CT molecular complexity index is 998. The molecule has 0 atom stereocenters. The highest BCUT2D eigenvalue weighted by Gasteiger charge is 2.22. The highest BCUT2D eigenvalue weighted by Crippen LogP contribution is 2.36. The number of anilines is 1. The van der Waals surface area contributed by atoms with E-state index >= 15 is 0 Å². The van der Waals surface area contributed by atoms with Crippen molar-refractivity contribution < 1.29 is 0 Å². The van der Waals surface area contributed by atoms with E-state index in [1.807, 2.05) is 42.1 Å². The zero-order valence-corrected chi connectivity index (χ0v) is 16.3. The monoisotopic (exact) mass is 378 g/mol. The summed E-state index contributed by atoms with van der Waals surface area (Å²) in [5, 5.41) is 6.68. The van der Waals surface area contributed by atoms with Gasteiger partial charge in [-0.15, -0.1) is 0 Å². The van der Waals surface area contributed by atoms with E-state index in [1.54, 1.807) is 0 Å². The van der Waals surface area contributed by atoms with Gasteiger partial charge in [-0.1, -0.05) is 55.1 Å². The summed E-state index contributed by atoms with van der Waals surface area (Å²) < 4.78 is 1.92. The average molecular weight is 379 g/mol. The summed E-state index contributed by atoms with van der Waals surface area (Å²) >= 11 is 6.59. The van der Waals surface area contributed by atoms with Gasteiger partial charge in [0.05, 0.1) is 10.5 Å². The maximum atomic E-state index is 6.59. The topological polar surface area (TPSA) is 24.3 Å². The first-order valence-electron chi connectivity index (χ1n) is 9.11. The first-order valence-corrected chi connectivity index (χ1v) is 9.49. The number of aromatic nitrogens is 2. The summed E-state index contributed by atoms with van der Waals surface area (Å²) in [6, 6.07) is 14.4. The molecule has 3 aromatic rings. The van der Waals surface area contributed by atoms with Crippen LogP contribution in [0.25, 0.3) is 22.0 Å². The zero-order valence-electron chi connectivity index (χ0n) is 15.5. The molecule has 1 aromatic heterocycles. The van der Waals surface area contributed by atoms with E-state index < -0.39 is 0 Å². The van der Waals surface area contributed by atoms with Crippen molar-refractivity contribution in [2.45, 2.75) is 0 Å². The van der Waals surface area contributed by atoms with Gasteiger partial charge in [0.25, 0.3) is 0 Å². The Morgan fingerprint density at radius 1 is 1.11 bits per heavy atom. The van der Waals surface area contributed by atoms with Crippen LogP contribution in [-0.2, 0) is 7.05 Å². The Morgan fingerprint density at radius 3 is 2.48 bits per heavy atom. The number of piperazine rings is 1. The van der Waals surface area contributed by atoms with Crippen LogP contribution in [0.5, 0.6) is 0 Å². The standard InChI is InChI=1S/C22H23ClN4/c1-4-16(2)26-10-12-27(13-11-26)22-19-14-18(17-8-6-5-7-9-17)20(23)15-21(19)25(3)24-22/h4-9,14-15H,1-2,10-13H2,3H3. The van der Waals surface area contributed by atoms with Gasteiger partial charge >= 0.3 is 0 Å². The van der Waals surface area contributed by atoms with Gasteiger partial charge in [-0.2, -0.15) is 5.10 Å². The Labute approximate surface area is 164 Å². The lowest BCUT2D eigenvalue weighted by Crippen LogP contribution is -2.45. The summed E-state index contributed by atoms with van der Waals surface area (Å²) in [6.45, 7) is 11.5. The molecule has 0 spiro atoms. The molecule has 27 heavy (non-hydrogen) atoms. The summed E-state index contributed by atoms with van der Waals surface area (Å²) in [4.78, 5) is 4.61. The van der Waals surface area contributed by atoms with Crippen LogP contribution in [0.1, 0.15) is 0 Å². The maximum absolute atomic E-state index is 6.59. The van der Waals surface area contributed by atoms with Crippen LogP contribution in [0.2, 0.25) is 5.02 Å². The van der Waals surface area contributed by atoms with Crippen molar-refractivity contribution in [1.82, 2.24) is 14.7 Å².